The Bertz CT molecular complexity index is 568. The molecule has 1 amide bonds. The zero-order chi connectivity index (χ0) is 21.6. The molecule has 2 N–H and O–H groups in total. The highest BCUT2D eigenvalue weighted by molar-refractivity contribution is 14.0. The van der Waals surface area contributed by atoms with E-state index < -0.39 is 5.60 Å². The normalized spacial score (nSPS) is 20.4. The summed E-state index contributed by atoms with van der Waals surface area (Å²) in [7, 11) is 1.89. The summed E-state index contributed by atoms with van der Waals surface area (Å²) < 4.78 is 11.3. The Hall–Kier alpha value is -0.770. The molecule has 0 aromatic rings. The van der Waals surface area contributed by atoms with Crippen molar-refractivity contribution >= 4 is 36.0 Å². The van der Waals surface area contributed by atoms with E-state index in [0.29, 0.717) is 19.3 Å². The van der Waals surface area contributed by atoms with Crippen molar-refractivity contribution in [2.75, 3.05) is 39.8 Å². The number of hydrogen-bond donors (Lipinski definition) is 2. The quantitative estimate of drug-likeness (QED) is 0.197. The van der Waals surface area contributed by atoms with E-state index in [1.54, 1.807) is 0 Å². The summed E-state index contributed by atoms with van der Waals surface area (Å²) in [6.45, 7) is 9.89. The molecule has 180 valence electrons. The van der Waals surface area contributed by atoms with Crippen molar-refractivity contribution in [3.8, 4) is 0 Å². The van der Waals surface area contributed by atoms with Crippen molar-refractivity contribution < 1.29 is 14.3 Å². The van der Waals surface area contributed by atoms with Crippen LogP contribution in [-0.4, -0.2) is 68.5 Å². The smallest absolute Gasteiger partial charge is 0.407 e. The molecule has 3 rings (SSSR count). The summed E-state index contributed by atoms with van der Waals surface area (Å²) >= 11 is 0. The fraction of sp³-hybridized carbons (Fsp3) is 0.913. The van der Waals surface area contributed by atoms with Crippen LogP contribution < -0.4 is 10.6 Å². The number of carbonyl (C=O) groups is 1. The first-order chi connectivity index (χ1) is 14.4. The lowest BCUT2D eigenvalue weighted by Crippen LogP contribution is -2.48. The maximum atomic E-state index is 11.6. The van der Waals surface area contributed by atoms with Crippen LogP contribution in [-0.2, 0) is 9.47 Å². The molecule has 8 heteroatoms. The monoisotopic (exact) mass is 550 g/mol. The number of guanidine groups is 1. The zero-order valence-corrected chi connectivity index (χ0v) is 22.2. The summed E-state index contributed by atoms with van der Waals surface area (Å²) in [6.07, 6.45) is 8.49. The van der Waals surface area contributed by atoms with E-state index in [9.17, 15) is 4.79 Å². The Kier molecular flexibility index (Phi) is 10.6. The number of piperidine rings is 1. The van der Waals surface area contributed by atoms with Crippen LogP contribution in [0.1, 0.15) is 65.7 Å². The third-order valence-corrected chi connectivity index (χ3v) is 6.25. The van der Waals surface area contributed by atoms with Gasteiger partial charge in [0.05, 0.1) is 6.10 Å². The van der Waals surface area contributed by atoms with Gasteiger partial charge < -0.3 is 25.0 Å². The number of amides is 1. The highest BCUT2D eigenvalue weighted by atomic mass is 127. The number of halogens is 1. The molecule has 0 bridgehead atoms. The van der Waals surface area contributed by atoms with Gasteiger partial charge >= 0.3 is 6.09 Å². The molecule has 1 aliphatic heterocycles. The summed E-state index contributed by atoms with van der Waals surface area (Å²) in [4.78, 5) is 18.5. The Balaban J connectivity index is 0.00000341. The van der Waals surface area contributed by atoms with Gasteiger partial charge in [0.2, 0.25) is 0 Å². The molecule has 2 saturated carbocycles. The number of aliphatic imine (C=N–C) groups is 1. The average Bonchev–Trinajstić information content (AvgIpc) is 3.59. The van der Waals surface area contributed by atoms with Crippen LogP contribution in [0.15, 0.2) is 4.99 Å². The van der Waals surface area contributed by atoms with Crippen molar-refractivity contribution in [1.82, 2.24) is 15.5 Å². The van der Waals surface area contributed by atoms with Gasteiger partial charge in [-0.1, -0.05) is 0 Å². The van der Waals surface area contributed by atoms with Crippen molar-refractivity contribution in [2.45, 2.75) is 77.4 Å². The maximum Gasteiger partial charge on any atom is 0.407 e. The molecule has 0 atom stereocenters. The highest BCUT2D eigenvalue weighted by Gasteiger charge is 2.41. The lowest BCUT2D eigenvalue weighted by molar-refractivity contribution is 0.0169. The number of rotatable bonds is 9. The number of hydrogen-bond acceptors (Lipinski definition) is 4. The third kappa shape index (κ3) is 9.72. The van der Waals surface area contributed by atoms with E-state index in [4.69, 9.17) is 9.47 Å². The summed E-state index contributed by atoms with van der Waals surface area (Å²) in [5.74, 6) is 3.84. The Morgan fingerprint density at radius 2 is 1.68 bits per heavy atom. The second-order valence-corrected chi connectivity index (χ2v) is 10.1. The number of alkyl carbamates (subject to hydrolysis) is 1. The van der Waals surface area contributed by atoms with Crippen LogP contribution in [0.4, 0.5) is 4.79 Å². The van der Waals surface area contributed by atoms with Crippen molar-refractivity contribution in [3.05, 3.63) is 0 Å². The minimum absolute atomic E-state index is 0. The third-order valence-electron chi connectivity index (χ3n) is 6.25. The van der Waals surface area contributed by atoms with Crippen molar-refractivity contribution in [3.63, 3.8) is 0 Å². The van der Waals surface area contributed by atoms with E-state index in [-0.39, 0.29) is 30.1 Å². The first-order valence-electron chi connectivity index (χ1n) is 11.9. The lowest BCUT2D eigenvalue weighted by Gasteiger charge is -2.34. The highest BCUT2D eigenvalue weighted by Crippen LogP contribution is 2.48. The lowest BCUT2D eigenvalue weighted by atomic mass is 9.98. The molecule has 1 heterocycles. The minimum atomic E-state index is -0.458. The first-order valence-corrected chi connectivity index (χ1v) is 11.9. The molecule has 0 radical (unpaired) electrons. The maximum absolute atomic E-state index is 11.6. The number of nitrogens with one attached hydrogen (secondary N) is 2. The van der Waals surface area contributed by atoms with E-state index in [0.717, 1.165) is 62.6 Å². The van der Waals surface area contributed by atoms with Crippen molar-refractivity contribution in [2.24, 2.45) is 22.7 Å². The van der Waals surface area contributed by atoms with Crippen LogP contribution in [0, 0.1) is 17.8 Å². The average molecular weight is 551 g/mol. The van der Waals surface area contributed by atoms with Gasteiger partial charge in [-0.05, 0) is 83.5 Å². The number of ether oxygens (including phenoxy) is 2. The topological polar surface area (TPSA) is 75.2 Å². The molecule has 0 aromatic carbocycles. The molecule has 2 aliphatic carbocycles. The molecule has 3 fully saturated rings. The SMILES string of the molecule is CN=C(NCC(C1CC1)C1CC1)N1CCC(OCCCNC(=O)OC(C)(C)C)CC1.I. The molecule has 31 heavy (non-hydrogen) atoms. The molecule has 1 saturated heterocycles. The summed E-state index contributed by atoms with van der Waals surface area (Å²) in [5, 5.41) is 6.45. The van der Waals surface area contributed by atoms with Gasteiger partial charge in [-0.2, -0.15) is 0 Å². The Labute approximate surface area is 205 Å². The van der Waals surface area contributed by atoms with Crippen LogP contribution >= 0.6 is 24.0 Å². The molecule has 3 aliphatic rings. The molecule has 0 unspecified atom stereocenters. The molecular weight excluding hydrogens is 507 g/mol. The Morgan fingerprint density at radius 1 is 1.06 bits per heavy atom. The second-order valence-electron chi connectivity index (χ2n) is 10.1. The molecule has 0 spiro atoms. The summed E-state index contributed by atoms with van der Waals surface area (Å²) in [5.41, 5.74) is -0.458. The van der Waals surface area contributed by atoms with Gasteiger partial charge in [-0.25, -0.2) is 4.79 Å². The minimum Gasteiger partial charge on any atom is -0.444 e. The van der Waals surface area contributed by atoms with E-state index in [2.05, 4.69) is 20.5 Å². The van der Waals surface area contributed by atoms with E-state index in [1.165, 1.54) is 25.7 Å². The van der Waals surface area contributed by atoms with Crippen LogP contribution in [0.25, 0.3) is 0 Å². The fourth-order valence-corrected chi connectivity index (χ4v) is 4.37. The van der Waals surface area contributed by atoms with Crippen molar-refractivity contribution in [1.29, 1.82) is 0 Å². The number of likely N-dealkylation sites (tertiary alicyclic amines) is 1. The largest absolute Gasteiger partial charge is 0.444 e. The first kappa shape index (κ1) is 26.5. The second kappa shape index (κ2) is 12.5. The van der Waals surface area contributed by atoms with Gasteiger partial charge in [0.1, 0.15) is 5.60 Å². The zero-order valence-electron chi connectivity index (χ0n) is 19.8. The summed E-state index contributed by atoms with van der Waals surface area (Å²) in [6, 6.07) is 0. The standard InChI is InChI=1S/C23H42N4O3.HI/c1-23(2,3)30-22(28)25-12-5-15-29-19-10-13-27(14-11-19)21(24-4)26-16-20(17-6-7-17)18-8-9-18;/h17-20H,5-16H2,1-4H3,(H,24,26)(H,25,28);1H. The molecule has 7 nitrogen and oxygen atoms in total. The predicted octanol–water partition coefficient (Wildman–Crippen LogP) is 4.01. The van der Waals surface area contributed by atoms with Gasteiger partial charge in [0.15, 0.2) is 5.96 Å². The Morgan fingerprint density at radius 3 is 2.19 bits per heavy atom. The van der Waals surface area contributed by atoms with Gasteiger partial charge in [-0.3, -0.25) is 4.99 Å². The number of nitrogens with zero attached hydrogens (tertiary/aromatic N) is 2. The predicted molar refractivity (Wildman–Crippen MR) is 135 cm³/mol. The van der Waals surface area contributed by atoms with E-state index in [1.807, 2.05) is 27.8 Å². The van der Waals surface area contributed by atoms with Crippen LogP contribution in [0.5, 0.6) is 0 Å². The van der Waals surface area contributed by atoms with Gasteiger partial charge in [0, 0.05) is 39.8 Å². The van der Waals surface area contributed by atoms with E-state index >= 15 is 0 Å². The van der Waals surface area contributed by atoms with Gasteiger partial charge in [-0.15, -0.1) is 24.0 Å². The van der Waals surface area contributed by atoms with Crippen LogP contribution in [0.3, 0.4) is 0 Å². The fourth-order valence-electron chi connectivity index (χ4n) is 4.37. The number of carbonyl (C=O) groups excluding carboxylic acids is 1. The van der Waals surface area contributed by atoms with Gasteiger partial charge in [0.25, 0.3) is 0 Å². The molecule has 0 aromatic heterocycles. The van der Waals surface area contributed by atoms with Crippen LogP contribution in [0.2, 0.25) is 0 Å². The molecular formula is C23H43IN4O3.